The molecule has 0 unspecified atom stereocenters. The van der Waals surface area contributed by atoms with E-state index in [2.05, 4.69) is 9.97 Å². The summed E-state index contributed by atoms with van der Waals surface area (Å²) < 4.78 is 11.2. The molecule has 0 N–H and O–H groups in total. The van der Waals surface area contributed by atoms with Crippen molar-refractivity contribution in [2.45, 2.75) is 19.5 Å². The molecule has 0 fully saturated rings. The zero-order chi connectivity index (χ0) is 20.1. The van der Waals surface area contributed by atoms with Crippen molar-refractivity contribution in [2.75, 3.05) is 13.2 Å². The molecule has 3 aromatic rings. The number of hydrogen-bond donors (Lipinski definition) is 0. The second-order valence-electron chi connectivity index (χ2n) is 6.75. The second kappa shape index (κ2) is 8.92. The van der Waals surface area contributed by atoms with E-state index in [9.17, 15) is 4.79 Å². The van der Waals surface area contributed by atoms with Crippen LogP contribution in [0, 0.1) is 0 Å². The second-order valence-corrected chi connectivity index (χ2v) is 7.15. The number of hydrogen-bond acceptors (Lipinski definition) is 5. The van der Waals surface area contributed by atoms with Gasteiger partial charge in [-0.15, -0.1) is 0 Å². The third-order valence-electron chi connectivity index (χ3n) is 4.58. The Morgan fingerprint density at radius 1 is 0.966 bits per heavy atom. The van der Waals surface area contributed by atoms with Gasteiger partial charge in [-0.2, -0.15) is 0 Å². The molecule has 4 rings (SSSR count). The number of amides is 1. The minimum Gasteiger partial charge on any atom is -0.486 e. The van der Waals surface area contributed by atoms with Gasteiger partial charge in [0.15, 0.2) is 11.5 Å². The normalized spacial score (nSPS) is 12.4. The van der Waals surface area contributed by atoms with Crippen molar-refractivity contribution >= 4 is 17.5 Å². The molecule has 1 amide bonds. The first-order valence-corrected chi connectivity index (χ1v) is 9.70. The first kappa shape index (κ1) is 19.2. The Hall–Kier alpha value is -3.12. The van der Waals surface area contributed by atoms with E-state index in [1.165, 1.54) is 0 Å². The third kappa shape index (κ3) is 4.84. The molecule has 6 nitrogen and oxygen atoms in total. The van der Waals surface area contributed by atoms with Crippen LogP contribution >= 0.6 is 11.6 Å². The molecule has 2 aromatic heterocycles. The molecule has 0 saturated heterocycles. The van der Waals surface area contributed by atoms with E-state index in [-0.39, 0.29) is 12.3 Å². The Morgan fingerprint density at radius 3 is 2.55 bits per heavy atom. The number of ether oxygens (including phenoxy) is 2. The molecule has 0 aliphatic carbocycles. The quantitative estimate of drug-likeness (QED) is 0.621. The topological polar surface area (TPSA) is 64.6 Å². The number of carbonyl (C=O) groups excluding carboxylic acids is 1. The Balaban J connectivity index is 1.55. The van der Waals surface area contributed by atoms with E-state index in [0.717, 1.165) is 16.7 Å². The smallest absolute Gasteiger partial charge is 0.227 e. The summed E-state index contributed by atoms with van der Waals surface area (Å²) in [6, 6.07) is 11.2. The lowest BCUT2D eigenvalue weighted by molar-refractivity contribution is -0.131. The van der Waals surface area contributed by atoms with Gasteiger partial charge in [-0.1, -0.05) is 17.7 Å². The lowest BCUT2D eigenvalue weighted by Gasteiger charge is -2.24. The van der Waals surface area contributed by atoms with Gasteiger partial charge in [0.2, 0.25) is 5.91 Å². The van der Waals surface area contributed by atoms with Crippen molar-refractivity contribution in [1.82, 2.24) is 14.9 Å². The van der Waals surface area contributed by atoms with Gasteiger partial charge in [0.05, 0.1) is 11.4 Å². The maximum absolute atomic E-state index is 13.2. The summed E-state index contributed by atoms with van der Waals surface area (Å²) in [7, 11) is 0. The van der Waals surface area contributed by atoms with Crippen molar-refractivity contribution in [1.29, 1.82) is 0 Å². The molecule has 0 spiro atoms. The maximum Gasteiger partial charge on any atom is 0.227 e. The van der Waals surface area contributed by atoms with Crippen LogP contribution in [0.5, 0.6) is 11.5 Å². The Kier molecular flexibility index (Phi) is 5.91. The summed E-state index contributed by atoms with van der Waals surface area (Å²) in [5.41, 5.74) is 2.77. The third-order valence-corrected chi connectivity index (χ3v) is 4.86. The Labute approximate surface area is 174 Å². The van der Waals surface area contributed by atoms with Gasteiger partial charge in [0.25, 0.3) is 0 Å². The molecule has 29 heavy (non-hydrogen) atoms. The molecule has 1 aliphatic heterocycles. The summed E-state index contributed by atoms with van der Waals surface area (Å²) in [4.78, 5) is 23.2. The molecule has 1 aliphatic rings. The lowest BCUT2D eigenvalue weighted by Crippen LogP contribution is -2.31. The van der Waals surface area contributed by atoms with Crippen molar-refractivity contribution in [2.24, 2.45) is 0 Å². The van der Waals surface area contributed by atoms with Crippen LogP contribution in [0.25, 0.3) is 0 Å². The summed E-state index contributed by atoms with van der Waals surface area (Å²) in [5.74, 6) is 1.11. The van der Waals surface area contributed by atoms with E-state index in [1.54, 1.807) is 35.8 Å². The fourth-order valence-corrected chi connectivity index (χ4v) is 3.49. The highest BCUT2D eigenvalue weighted by atomic mass is 35.5. The van der Waals surface area contributed by atoms with Crippen LogP contribution in [0.1, 0.15) is 16.7 Å². The number of rotatable bonds is 6. The van der Waals surface area contributed by atoms with E-state index in [4.69, 9.17) is 21.1 Å². The predicted octanol–water partition coefficient (Wildman–Crippen LogP) is 3.67. The van der Waals surface area contributed by atoms with Crippen molar-refractivity contribution < 1.29 is 14.3 Å². The Bertz CT molecular complexity index is 942. The van der Waals surface area contributed by atoms with Gasteiger partial charge in [-0.05, 0) is 47.0 Å². The van der Waals surface area contributed by atoms with Crippen LogP contribution in [0.3, 0.4) is 0 Å². The number of nitrogens with zero attached hydrogens (tertiary/aromatic N) is 3. The van der Waals surface area contributed by atoms with E-state index in [1.807, 2.05) is 30.3 Å². The van der Waals surface area contributed by atoms with Gasteiger partial charge in [0, 0.05) is 37.9 Å². The molecule has 0 bridgehead atoms. The molecule has 3 heterocycles. The fraction of sp³-hybridized carbons (Fsp3) is 0.227. The van der Waals surface area contributed by atoms with Crippen LogP contribution in [-0.2, 0) is 24.3 Å². The van der Waals surface area contributed by atoms with Crippen LogP contribution in [0.15, 0.2) is 61.2 Å². The summed E-state index contributed by atoms with van der Waals surface area (Å²) in [6.07, 6.45) is 7.15. The molecular formula is C22H20ClN3O3. The zero-order valence-corrected chi connectivity index (χ0v) is 16.5. The number of pyridine rings is 2. The van der Waals surface area contributed by atoms with Gasteiger partial charge < -0.3 is 14.4 Å². The average Bonchev–Trinajstić information content (AvgIpc) is 2.75. The van der Waals surface area contributed by atoms with Crippen LogP contribution in [-0.4, -0.2) is 34.0 Å². The number of fused-ring (bicyclic) bond motifs is 1. The Morgan fingerprint density at radius 2 is 1.76 bits per heavy atom. The van der Waals surface area contributed by atoms with Crippen LogP contribution in [0.4, 0.5) is 0 Å². The zero-order valence-electron chi connectivity index (χ0n) is 15.8. The van der Waals surface area contributed by atoms with E-state index >= 15 is 0 Å². The number of carbonyl (C=O) groups is 1. The molecule has 0 saturated carbocycles. The molecule has 148 valence electrons. The molecule has 7 heteroatoms. The monoisotopic (exact) mass is 409 g/mol. The minimum absolute atomic E-state index is 0.0154. The van der Waals surface area contributed by atoms with Crippen LogP contribution < -0.4 is 9.47 Å². The summed E-state index contributed by atoms with van der Waals surface area (Å²) in [5, 5.41) is 0.456. The number of benzene rings is 1. The number of aromatic nitrogens is 2. The SMILES string of the molecule is O=C(Cc1cc(Cl)c2c(c1)OCCO2)N(Cc1ccncc1)Cc1cccnc1. The van der Waals surface area contributed by atoms with E-state index < -0.39 is 0 Å². The molecule has 0 atom stereocenters. The predicted molar refractivity (Wildman–Crippen MR) is 109 cm³/mol. The largest absolute Gasteiger partial charge is 0.486 e. The molecular weight excluding hydrogens is 390 g/mol. The first-order valence-electron chi connectivity index (χ1n) is 9.32. The average molecular weight is 410 g/mol. The maximum atomic E-state index is 13.2. The van der Waals surface area contributed by atoms with Crippen LogP contribution in [0.2, 0.25) is 5.02 Å². The molecule has 1 aromatic carbocycles. The summed E-state index contributed by atoms with van der Waals surface area (Å²) >= 11 is 6.32. The van der Waals surface area contributed by atoms with Gasteiger partial charge in [-0.25, -0.2) is 0 Å². The fourth-order valence-electron chi connectivity index (χ4n) is 3.21. The van der Waals surface area contributed by atoms with E-state index in [0.29, 0.717) is 42.8 Å². The molecule has 0 radical (unpaired) electrons. The minimum atomic E-state index is -0.0154. The lowest BCUT2D eigenvalue weighted by atomic mass is 10.1. The van der Waals surface area contributed by atoms with Crippen molar-refractivity contribution in [3.63, 3.8) is 0 Å². The summed E-state index contributed by atoms with van der Waals surface area (Å²) in [6.45, 7) is 1.88. The highest BCUT2D eigenvalue weighted by Gasteiger charge is 2.20. The van der Waals surface area contributed by atoms with Gasteiger partial charge in [0.1, 0.15) is 13.2 Å². The number of halogens is 1. The highest BCUT2D eigenvalue weighted by Crippen LogP contribution is 2.38. The standard InChI is InChI=1S/C22H20ClN3O3/c23-19-10-18(11-20-22(19)29-9-8-28-20)12-21(27)26(14-16-3-6-24-7-4-16)15-17-2-1-5-25-13-17/h1-7,10-11,13H,8-9,12,14-15H2. The highest BCUT2D eigenvalue weighted by molar-refractivity contribution is 6.32. The van der Waals surface area contributed by atoms with Crippen molar-refractivity contribution in [3.8, 4) is 11.5 Å². The first-order chi connectivity index (χ1) is 14.2. The van der Waals surface area contributed by atoms with Crippen molar-refractivity contribution in [3.05, 3.63) is 82.9 Å². The van der Waals surface area contributed by atoms with Gasteiger partial charge >= 0.3 is 0 Å². The van der Waals surface area contributed by atoms with Gasteiger partial charge in [-0.3, -0.25) is 14.8 Å².